The van der Waals surface area contributed by atoms with Crippen LogP contribution >= 0.6 is 11.6 Å². The van der Waals surface area contributed by atoms with E-state index in [1.807, 2.05) is 42.5 Å². The summed E-state index contributed by atoms with van der Waals surface area (Å²) in [5.74, 6) is 0. The van der Waals surface area contributed by atoms with Crippen molar-refractivity contribution in [2.45, 2.75) is 0 Å². The molecule has 0 bridgehead atoms. The van der Waals surface area contributed by atoms with Crippen molar-refractivity contribution >= 4 is 31.8 Å². The molecule has 0 saturated carbocycles. The Morgan fingerprint density at radius 3 is 2.43 bits per heavy atom. The van der Waals surface area contributed by atoms with Crippen LogP contribution in [0.25, 0.3) is 11.3 Å². The second-order valence-corrected chi connectivity index (χ2v) is 6.60. The average molecular weight is 362 g/mol. The van der Waals surface area contributed by atoms with Gasteiger partial charge in [-0.05, 0) is 0 Å². The van der Waals surface area contributed by atoms with Gasteiger partial charge in [-0.15, -0.1) is 0 Å². The molecule has 3 rings (SSSR count). The van der Waals surface area contributed by atoms with Crippen molar-refractivity contribution in [3.63, 3.8) is 0 Å². The Kier molecular flexibility index (Phi) is 4.20. The van der Waals surface area contributed by atoms with Gasteiger partial charge in [0.15, 0.2) is 0 Å². The van der Waals surface area contributed by atoms with Crippen LogP contribution in [0.3, 0.4) is 0 Å². The molecule has 104 valence electrons. The van der Waals surface area contributed by atoms with E-state index in [0.29, 0.717) is 10.7 Å². The molecular weight excluding hydrogens is 351 g/mol. The predicted octanol–water partition coefficient (Wildman–Crippen LogP) is 3.69. The molecule has 0 unspecified atom stereocenters. The summed E-state index contributed by atoms with van der Waals surface area (Å²) in [6.45, 7) is 0. The van der Waals surface area contributed by atoms with Gasteiger partial charge in [0.1, 0.15) is 0 Å². The number of oxime groups is 1. The summed E-state index contributed by atoms with van der Waals surface area (Å²) in [6.07, 6.45) is 0. The summed E-state index contributed by atoms with van der Waals surface area (Å²) in [6, 6.07) is 17.2. The van der Waals surface area contributed by atoms with Crippen LogP contribution in [-0.2, 0) is 0 Å². The Hall–Kier alpha value is -1.87. The van der Waals surface area contributed by atoms with E-state index < -0.39 is 0 Å². The van der Waals surface area contributed by atoms with E-state index in [1.54, 1.807) is 12.1 Å². The van der Waals surface area contributed by atoms with Gasteiger partial charge in [0.05, 0.1) is 0 Å². The molecule has 3 nitrogen and oxygen atoms in total. The maximum atomic E-state index is 9.33. The molecule has 0 aliphatic rings. The first-order valence-corrected chi connectivity index (χ1v) is 8.49. The van der Waals surface area contributed by atoms with Gasteiger partial charge < -0.3 is 0 Å². The van der Waals surface area contributed by atoms with Crippen molar-refractivity contribution in [2.24, 2.45) is 5.16 Å². The molecule has 2 aromatic carbocycles. The SMILES string of the molecule is O/N=C(\c1ccc(Cl)cc1)c1nc(-c2ccccc2)c[se]1. The van der Waals surface area contributed by atoms with Crippen LogP contribution in [-0.4, -0.2) is 30.4 Å². The van der Waals surface area contributed by atoms with Crippen molar-refractivity contribution < 1.29 is 5.21 Å². The number of halogens is 1. The Morgan fingerprint density at radius 2 is 1.76 bits per heavy atom. The molecule has 0 amide bonds. The minimum atomic E-state index is 0.0480. The van der Waals surface area contributed by atoms with Gasteiger partial charge in [0.25, 0.3) is 0 Å². The second kappa shape index (κ2) is 6.27. The van der Waals surface area contributed by atoms with Gasteiger partial charge in [-0.25, -0.2) is 0 Å². The van der Waals surface area contributed by atoms with Crippen LogP contribution in [0.2, 0.25) is 5.02 Å². The fourth-order valence-electron chi connectivity index (χ4n) is 1.96. The Morgan fingerprint density at radius 1 is 1.05 bits per heavy atom. The third kappa shape index (κ3) is 3.08. The van der Waals surface area contributed by atoms with Gasteiger partial charge in [0, 0.05) is 0 Å². The van der Waals surface area contributed by atoms with Crippen LogP contribution in [0.4, 0.5) is 0 Å². The first-order valence-electron chi connectivity index (χ1n) is 6.27. The number of rotatable bonds is 3. The fourth-order valence-corrected chi connectivity index (χ4v) is 3.83. The Balaban J connectivity index is 1.96. The van der Waals surface area contributed by atoms with Gasteiger partial charge in [0.2, 0.25) is 0 Å². The topological polar surface area (TPSA) is 45.5 Å². The number of nitrogens with zero attached hydrogens (tertiary/aromatic N) is 2. The molecule has 1 N–H and O–H groups in total. The zero-order chi connectivity index (χ0) is 14.7. The van der Waals surface area contributed by atoms with E-state index in [4.69, 9.17) is 11.6 Å². The molecule has 0 fully saturated rings. The van der Waals surface area contributed by atoms with E-state index in [-0.39, 0.29) is 14.5 Å². The Bertz CT molecular complexity index is 766. The third-order valence-electron chi connectivity index (χ3n) is 2.99. The molecule has 1 heterocycles. The van der Waals surface area contributed by atoms with E-state index in [9.17, 15) is 5.21 Å². The van der Waals surface area contributed by atoms with Gasteiger partial charge in [-0.3, -0.25) is 0 Å². The summed E-state index contributed by atoms with van der Waals surface area (Å²) < 4.78 is 0.811. The van der Waals surface area contributed by atoms with Crippen molar-refractivity contribution in [3.05, 3.63) is 74.7 Å². The number of hydrogen-bond acceptors (Lipinski definition) is 3. The molecule has 5 heteroatoms. The van der Waals surface area contributed by atoms with Crippen molar-refractivity contribution in [1.82, 2.24) is 4.98 Å². The normalized spacial score (nSPS) is 11.6. The van der Waals surface area contributed by atoms with Crippen LogP contribution in [0.5, 0.6) is 0 Å². The number of aromatic nitrogens is 1. The zero-order valence-corrected chi connectivity index (χ0v) is 13.4. The molecule has 0 saturated heterocycles. The number of hydrogen-bond donors (Lipinski definition) is 1. The predicted molar refractivity (Wildman–Crippen MR) is 85.5 cm³/mol. The molecule has 0 aliphatic heterocycles. The van der Waals surface area contributed by atoms with Crippen molar-refractivity contribution in [3.8, 4) is 11.3 Å². The van der Waals surface area contributed by atoms with Crippen LogP contribution in [0.15, 0.2) is 64.7 Å². The van der Waals surface area contributed by atoms with E-state index in [0.717, 1.165) is 21.4 Å². The molecule has 0 radical (unpaired) electrons. The van der Waals surface area contributed by atoms with E-state index >= 15 is 0 Å². The summed E-state index contributed by atoms with van der Waals surface area (Å²) in [5, 5.41) is 13.4. The van der Waals surface area contributed by atoms with Crippen molar-refractivity contribution in [1.29, 1.82) is 0 Å². The van der Waals surface area contributed by atoms with Gasteiger partial charge in [-0.2, -0.15) is 0 Å². The monoisotopic (exact) mass is 362 g/mol. The average Bonchev–Trinajstić information content (AvgIpc) is 3.00. The summed E-state index contributed by atoms with van der Waals surface area (Å²) >= 11 is 5.93. The van der Waals surface area contributed by atoms with E-state index in [2.05, 4.69) is 15.1 Å². The first kappa shape index (κ1) is 14.1. The fraction of sp³-hybridized carbons (Fsp3) is 0. The molecule has 0 spiro atoms. The summed E-state index contributed by atoms with van der Waals surface area (Å²) in [5.41, 5.74) is 3.32. The van der Waals surface area contributed by atoms with Gasteiger partial charge >= 0.3 is 133 Å². The second-order valence-electron chi connectivity index (χ2n) is 4.36. The third-order valence-corrected chi connectivity index (χ3v) is 5.03. The summed E-state index contributed by atoms with van der Waals surface area (Å²) in [7, 11) is 0. The quantitative estimate of drug-likeness (QED) is 0.335. The maximum absolute atomic E-state index is 9.33. The van der Waals surface area contributed by atoms with Crippen LogP contribution < -0.4 is 0 Å². The van der Waals surface area contributed by atoms with E-state index in [1.165, 1.54) is 0 Å². The minimum absolute atomic E-state index is 0.0480. The Labute approximate surface area is 133 Å². The van der Waals surface area contributed by atoms with Crippen molar-refractivity contribution in [2.75, 3.05) is 0 Å². The number of benzene rings is 2. The first-order chi connectivity index (χ1) is 10.3. The summed E-state index contributed by atoms with van der Waals surface area (Å²) in [4.78, 5) is 6.71. The molecule has 21 heavy (non-hydrogen) atoms. The molecule has 3 aromatic rings. The molecule has 1 aromatic heterocycles. The molecule has 0 aliphatic carbocycles. The van der Waals surface area contributed by atoms with Crippen LogP contribution in [0, 0.1) is 0 Å². The zero-order valence-electron chi connectivity index (χ0n) is 10.9. The van der Waals surface area contributed by atoms with Gasteiger partial charge in [-0.1, -0.05) is 0 Å². The molecular formula is C16H11ClN2OSe. The van der Waals surface area contributed by atoms with Crippen LogP contribution in [0.1, 0.15) is 10.1 Å². The standard InChI is InChI=1S/C16H11ClN2OSe/c17-13-8-6-12(7-9-13)15(19-20)16-18-14(10-21-16)11-4-2-1-3-5-11/h1-10,20H/b19-15+. The molecule has 0 atom stereocenters.